The number of hydrogen-bond acceptors (Lipinski definition) is 5. The number of rotatable bonds is 3. The lowest BCUT2D eigenvalue weighted by atomic mass is 10.0. The van der Waals surface area contributed by atoms with Crippen molar-refractivity contribution in [3.05, 3.63) is 59.2 Å². The average Bonchev–Trinajstić information content (AvgIpc) is 3.21. The van der Waals surface area contributed by atoms with Gasteiger partial charge in [-0.3, -0.25) is 24.3 Å². The van der Waals surface area contributed by atoms with Crippen molar-refractivity contribution in [1.82, 2.24) is 4.90 Å². The summed E-state index contributed by atoms with van der Waals surface area (Å²) in [6, 6.07) is 14.0. The summed E-state index contributed by atoms with van der Waals surface area (Å²) in [5.74, 6) is 0.224. The minimum atomic E-state index is -1.04. The third-order valence-corrected chi connectivity index (χ3v) is 7.44. The summed E-state index contributed by atoms with van der Waals surface area (Å²) in [6.07, 6.45) is 0. The van der Waals surface area contributed by atoms with Crippen LogP contribution in [0, 0.1) is 13.8 Å². The van der Waals surface area contributed by atoms with Gasteiger partial charge in [0.05, 0.1) is 31.3 Å². The molecule has 0 saturated carbocycles. The van der Waals surface area contributed by atoms with Crippen molar-refractivity contribution < 1.29 is 14.3 Å². The monoisotopic (exact) mass is 423 g/mol. The van der Waals surface area contributed by atoms with Gasteiger partial charge in [-0.25, -0.2) is 0 Å². The topological polar surface area (TPSA) is 53.1 Å². The number of anilines is 2. The first-order valence-electron chi connectivity index (χ1n) is 10.3. The van der Waals surface area contributed by atoms with E-state index in [1.54, 1.807) is 4.90 Å². The molecule has 3 aliphatic heterocycles. The van der Waals surface area contributed by atoms with Crippen LogP contribution in [0.25, 0.3) is 0 Å². The maximum Gasteiger partial charge on any atom is 0.269 e. The molecule has 0 aromatic heterocycles. The maximum absolute atomic E-state index is 14.0. The van der Waals surface area contributed by atoms with Crippen LogP contribution in [0.2, 0.25) is 0 Å². The molecule has 2 saturated heterocycles. The van der Waals surface area contributed by atoms with Crippen LogP contribution in [-0.4, -0.2) is 55.4 Å². The van der Waals surface area contributed by atoms with Crippen molar-refractivity contribution in [2.24, 2.45) is 0 Å². The number of benzene rings is 2. The highest BCUT2D eigenvalue weighted by Crippen LogP contribution is 2.55. The molecule has 2 fully saturated rings. The molecule has 30 heavy (non-hydrogen) atoms. The Balaban J connectivity index is 1.61. The fraction of sp³-hybridized carbons (Fsp3) is 0.391. The molecule has 2 amide bonds. The van der Waals surface area contributed by atoms with Gasteiger partial charge >= 0.3 is 0 Å². The normalized spacial score (nSPS) is 24.2. The van der Waals surface area contributed by atoms with Crippen LogP contribution in [0.15, 0.2) is 42.5 Å². The molecule has 0 radical (unpaired) electrons. The van der Waals surface area contributed by atoms with E-state index < -0.39 is 4.87 Å². The van der Waals surface area contributed by atoms with Gasteiger partial charge in [-0.05, 0) is 32.0 Å². The number of morpholine rings is 1. The van der Waals surface area contributed by atoms with Gasteiger partial charge in [-0.1, -0.05) is 35.4 Å². The highest BCUT2D eigenvalue weighted by Gasteiger charge is 2.61. The average molecular weight is 424 g/mol. The van der Waals surface area contributed by atoms with Crippen molar-refractivity contribution in [2.45, 2.75) is 18.7 Å². The van der Waals surface area contributed by atoms with E-state index in [1.165, 1.54) is 11.8 Å². The number of carbonyl (C=O) groups is 2. The van der Waals surface area contributed by atoms with Gasteiger partial charge in [-0.2, -0.15) is 0 Å². The molecule has 0 bridgehead atoms. The standard InChI is InChI=1S/C23H25N3O3S/c1-16-3-6-18(7-4-16)26-21(27)14-30-23(26)19-13-17(2)5-8-20(19)25(22(23)28)15-24-9-11-29-12-10-24/h3-8,13H,9-12,14-15H2,1-2H3. The number of hydrogen-bond donors (Lipinski definition) is 0. The second-order valence-electron chi connectivity index (χ2n) is 8.12. The fourth-order valence-corrected chi connectivity index (χ4v) is 5.84. The Morgan fingerprint density at radius 3 is 2.43 bits per heavy atom. The number of fused-ring (bicyclic) bond motifs is 2. The number of aryl methyl sites for hydroxylation is 2. The zero-order valence-corrected chi connectivity index (χ0v) is 18.1. The van der Waals surface area contributed by atoms with Crippen LogP contribution in [0.5, 0.6) is 0 Å². The number of nitrogens with zero attached hydrogens (tertiary/aromatic N) is 3. The van der Waals surface area contributed by atoms with E-state index in [4.69, 9.17) is 4.74 Å². The van der Waals surface area contributed by atoms with Crippen LogP contribution in [0.1, 0.15) is 16.7 Å². The number of ether oxygens (including phenoxy) is 1. The predicted molar refractivity (Wildman–Crippen MR) is 119 cm³/mol. The SMILES string of the molecule is Cc1ccc(N2C(=O)CSC23C(=O)N(CN2CCOCC2)c2ccc(C)cc23)cc1. The van der Waals surface area contributed by atoms with E-state index in [-0.39, 0.29) is 11.8 Å². The molecule has 2 aromatic carbocycles. The second kappa shape index (κ2) is 7.41. The third kappa shape index (κ3) is 2.95. The Kier molecular flexibility index (Phi) is 4.84. The minimum Gasteiger partial charge on any atom is -0.379 e. The molecular weight excluding hydrogens is 398 g/mol. The Bertz CT molecular complexity index is 1000. The van der Waals surface area contributed by atoms with E-state index in [0.29, 0.717) is 25.6 Å². The van der Waals surface area contributed by atoms with Crippen LogP contribution >= 0.6 is 11.8 Å². The fourth-order valence-electron chi connectivity index (χ4n) is 4.49. The maximum atomic E-state index is 14.0. The highest BCUT2D eigenvalue weighted by molar-refractivity contribution is 8.02. The van der Waals surface area contributed by atoms with Crippen LogP contribution in [0.3, 0.4) is 0 Å². The Morgan fingerprint density at radius 1 is 1.00 bits per heavy atom. The van der Waals surface area contributed by atoms with Gasteiger partial charge in [-0.15, -0.1) is 11.8 Å². The molecule has 7 heteroatoms. The smallest absolute Gasteiger partial charge is 0.269 e. The summed E-state index contributed by atoms with van der Waals surface area (Å²) < 4.78 is 5.47. The summed E-state index contributed by atoms with van der Waals surface area (Å²) >= 11 is 1.43. The van der Waals surface area contributed by atoms with Gasteiger partial charge in [0.2, 0.25) is 10.8 Å². The summed E-state index contributed by atoms with van der Waals surface area (Å²) in [7, 11) is 0. The molecule has 1 unspecified atom stereocenters. The van der Waals surface area contributed by atoms with Crippen molar-refractivity contribution >= 4 is 35.0 Å². The lowest BCUT2D eigenvalue weighted by Crippen LogP contribution is -2.52. The molecule has 1 spiro atoms. The summed E-state index contributed by atoms with van der Waals surface area (Å²) in [4.78, 5) is 31.9. The molecule has 6 nitrogen and oxygen atoms in total. The zero-order chi connectivity index (χ0) is 20.9. The summed E-state index contributed by atoms with van der Waals surface area (Å²) in [5, 5.41) is 0. The van der Waals surface area contributed by atoms with Crippen LogP contribution in [-0.2, 0) is 19.2 Å². The number of amides is 2. The number of carbonyl (C=O) groups excluding carboxylic acids is 2. The molecule has 2 aromatic rings. The van der Waals surface area contributed by atoms with Gasteiger partial charge < -0.3 is 4.74 Å². The van der Waals surface area contributed by atoms with Gasteiger partial charge in [0, 0.05) is 24.3 Å². The number of thioether (sulfide) groups is 1. The van der Waals surface area contributed by atoms with E-state index in [0.717, 1.165) is 41.2 Å². The zero-order valence-electron chi connectivity index (χ0n) is 17.3. The predicted octanol–water partition coefficient (Wildman–Crippen LogP) is 2.87. The van der Waals surface area contributed by atoms with E-state index >= 15 is 0 Å². The van der Waals surface area contributed by atoms with Crippen molar-refractivity contribution in [1.29, 1.82) is 0 Å². The lowest BCUT2D eigenvalue weighted by molar-refractivity contribution is -0.124. The Hall–Kier alpha value is -2.35. The third-order valence-electron chi connectivity index (χ3n) is 6.05. The summed E-state index contributed by atoms with van der Waals surface area (Å²) in [6.45, 7) is 7.51. The van der Waals surface area contributed by atoms with Crippen molar-refractivity contribution in [3.63, 3.8) is 0 Å². The Morgan fingerprint density at radius 2 is 1.70 bits per heavy atom. The van der Waals surface area contributed by atoms with Gasteiger partial charge in [0.15, 0.2) is 0 Å². The van der Waals surface area contributed by atoms with Crippen LogP contribution in [0.4, 0.5) is 11.4 Å². The largest absolute Gasteiger partial charge is 0.379 e. The Labute approximate surface area is 180 Å². The first-order valence-corrected chi connectivity index (χ1v) is 11.3. The summed E-state index contributed by atoms with van der Waals surface area (Å²) in [5.41, 5.74) is 4.78. The van der Waals surface area contributed by atoms with E-state index in [1.807, 2.05) is 55.1 Å². The van der Waals surface area contributed by atoms with Gasteiger partial charge in [0.1, 0.15) is 0 Å². The van der Waals surface area contributed by atoms with Crippen molar-refractivity contribution in [2.75, 3.05) is 48.5 Å². The molecule has 0 aliphatic carbocycles. The molecule has 3 aliphatic rings. The quantitative estimate of drug-likeness (QED) is 0.760. The first-order chi connectivity index (χ1) is 14.5. The molecular formula is C23H25N3O3S. The van der Waals surface area contributed by atoms with Gasteiger partial charge in [0.25, 0.3) is 5.91 Å². The molecule has 3 heterocycles. The lowest BCUT2D eigenvalue weighted by Gasteiger charge is -2.35. The molecule has 156 valence electrons. The highest BCUT2D eigenvalue weighted by atomic mass is 32.2. The van der Waals surface area contributed by atoms with Crippen LogP contribution < -0.4 is 9.80 Å². The minimum absolute atomic E-state index is 0.0297. The second-order valence-corrected chi connectivity index (χ2v) is 9.29. The molecule has 0 N–H and O–H groups in total. The van der Waals surface area contributed by atoms with E-state index in [9.17, 15) is 9.59 Å². The molecule has 1 atom stereocenters. The first kappa shape index (κ1) is 19.6. The van der Waals surface area contributed by atoms with E-state index in [2.05, 4.69) is 11.0 Å². The molecule has 5 rings (SSSR count). The van der Waals surface area contributed by atoms with Crippen molar-refractivity contribution in [3.8, 4) is 0 Å².